The van der Waals surface area contributed by atoms with Crippen molar-refractivity contribution in [2.75, 3.05) is 23.3 Å². The Bertz CT molecular complexity index is 1070. The van der Waals surface area contributed by atoms with Crippen LogP contribution >= 0.6 is 0 Å². The standard InChI is InChI=1S/C24H25N5O2/c25-16-21(30)28-19-12-7-13-20(22(19)23(31)18-10-5-2-6-11-18)29(24(26)27)15-14-17-8-3-1-4-9-17/h1-13H,14-16,25H2,(H3,26,27)(H,28,30). The molecule has 0 aliphatic heterocycles. The van der Waals surface area contributed by atoms with Crippen molar-refractivity contribution in [3.05, 3.63) is 95.6 Å². The van der Waals surface area contributed by atoms with Gasteiger partial charge >= 0.3 is 0 Å². The van der Waals surface area contributed by atoms with Crippen LogP contribution in [0, 0.1) is 5.41 Å². The zero-order valence-electron chi connectivity index (χ0n) is 17.0. The molecular formula is C24H25N5O2. The molecule has 0 spiro atoms. The van der Waals surface area contributed by atoms with Crippen LogP contribution in [0.15, 0.2) is 78.9 Å². The molecule has 158 valence electrons. The predicted octanol–water partition coefficient (Wildman–Crippen LogP) is 2.76. The number of anilines is 2. The predicted molar refractivity (Wildman–Crippen MR) is 123 cm³/mol. The van der Waals surface area contributed by atoms with Gasteiger partial charge in [-0.05, 0) is 24.1 Å². The van der Waals surface area contributed by atoms with Crippen LogP contribution in [0.2, 0.25) is 0 Å². The lowest BCUT2D eigenvalue weighted by Crippen LogP contribution is -2.39. The Morgan fingerprint density at radius 3 is 2.16 bits per heavy atom. The van der Waals surface area contributed by atoms with Crippen molar-refractivity contribution >= 4 is 29.0 Å². The Balaban J connectivity index is 2.05. The van der Waals surface area contributed by atoms with Crippen LogP contribution in [0.3, 0.4) is 0 Å². The minimum absolute atomic E-state index is 0.194. The highest BCUT2D eigenvalue weighted by Crippen LogP contribution is 2.30. The molecule has 3 aromatic rings. The molecule has 0 bridgehead atoms. The van der Waals surface area contributed by atoms with E-state index in [2.05, 4.69) is 5.32 Å². The summed E-state index contributed by atoms with van der Waals surface area (Å²) < 4.78 is 0. The number of carbonyl (C=O) groups excluding carboxylic acids is 2. The number of nitrogens with one attached hydrogen (secondary N) is 2. The summed E-state index contributed by atoms with van der Waals surface area (Å²) in [5.74, 6) is -0.896. The highest BCUT2D eigenvalue weighted by Gasteiger charge is 2.23. The number of nitrogens with two attached hydrogens (primary N) is 2. The average molecular weight is 415 g/mol. The summed E-state index contributed by atoms with van der Waals surface area (Å²) in [6, 6.07) is 23.7. The zero-order valence-corrected chi connectivity index (χ0v) is 17.0. The molecule has 0 aromatic heterocycles. The second-order valence-corrected chi connectivity index (χ2v) is 6.92. The lowest BCUT2D eigenvalue weighted by Gasteiger charge is -2.26. The molecule has 0 saturated heterocycles. The quantitative estimate of drug-likeness (QED) is 0.256. The van der Waals surface area contributed by atoms with Gasteiger partial charge in [-0.3, -0.25) is 15.0 Å². The van der Waals surface area contributed by atoms with Gasteiger partial charge in [0.15, 0.2) is 11.7 Å². The molecule has 3 aromatic carbocycles. The average Bonchev–Trinajstić information content (AvgIpc) is 2.80. The fraction of sp³-hybridized carbons (Fsp3) is 0.125. The topological polar surface area (TPSA) is 125 Å². The third-order valence-corrected chi connectivity index (χ3v) is 4.81. The van der Waals surface area contributed by atoms with Gasteiger partial charge in [0.2, 0.25) is 5.91 Å². The van der Waals surface area contributed by atoms with Gasteiger partial charge in [0.05, 0.1) is 23.5 Å². The van der Waals surface area contributed by atoms with Crippen LogP contribution in [0.25, 0.3) is 0 Å². The second-order valence-electron chi connectivity index (χ2n) is 6.92. The van der Waals surface area contributed by atoms with Gasteiger partial charge in [0.25, 0.3) is 0 Å². The van der Waals surface area contributed by atoms with E-state index in [4.69, 9.17) is 16.9 Å². The molecular weight excluding hydrogens is 390 g/mol. The van der Waals surface area contributed by atoms with Crippen LogP contribution < -0.4 is 21.7 Å². The molecule has 0 fully saturated rings. The molecule has 0 radical (unpaired) electrons. The number of rotatable bonds is 8. The van der Waals surface area contributed by atoms with Gasteiger partial charge in [-0.1, -0.05) is 66.7 Å². The summed E-state index contributed by atoms with van der Waals surface area (Å²) in [4.78, 5) is 27.0. The third-order valence-electron chi connectivity index (χ3n) is 4.81. The van der Waals surface area contributed by atoms with E-state index in [1.807, 2.05) is 36.4 Å². The highest BCUT2D eigenvalue weighted by atomic mass is 16.2. The fourth-order valence-corrected chi connectivity index (χ4v) is 3.30. The van der Waals surface area contributed by atoms with Crippen molar-refractivity contribution in [2.45, 2.75) is 6.42 Å². The number of benzene rings is 3. The molecule has 6 N–H and O–H groups in total. The number of hydrogen-bond donors (Lipinski definition) is 4. The van der Waals surface area contributed by atoms with Crippen LogP contribution in [0.4, 0.5) is 11.4 Å². The number of nitrogens with zero attached hydrogens (tertiary/aromatic N) is 1. The maximum absolute atomic E-state index is 13.4. The third kappa shape index (κ3) is 5.34. The van der Waals surface area contributed by atoms with Gasteiger partial charge in [-0.25, -0.2) is 0 Å². The van der Waals surface area contributed by atoms with Crippen LogP contribution in [-0.2, 0) is 11.2 Å². The lowest BCUT2D eigenvalue weighted by molar-refractivity contribution is -0.114. The molecule has 0 saturated carbocycles. The first-order valence-corrected chi connectivity index (χ1v) is 9.89. The summed E-state index contributed by atoms with van der Waals surface area (Å²) >= 11 is 0. The first-order valence-electron chi connectivity index (χ1n) is 9.89. The first kappa shape index (κ1) is 21.7. The number of hydrogen-bond acceptors (Lipinski definition) is 4. The number of guanidine groups is 1. The number of amides is 1. The molecule has 0 aliphatic rings. The summed E-state index contributed by atoms with van der Waals surface area (Å²) in [5.41, 5.74) is 13.9. The molecule has 0 heterocycles. The SMILES string of the molecule is N=C(N)N(CCc1ccccc1)c1cccc(NC(=O)CN)c1C(=O)c1ccccc1. The van der Waals surface area contributed by atoms with E-state index < -0.39 is 5.91 Å². The minimum atomic E-state index is -0.419. The minimum Gasteiger partial charge on any atom is -0.370 e. The zero-order chi connectivity index (χ0) is 22.2. The lowest BCUT2D eigenvalue weighted by atomic mass is 9.98. The Labute approximate surface area is 181 Å². The van der Waals surface area contributed by atoms with E-state index in [0.717, 1.165) is 5.56 Å². The highest BCUT2D eigenvalue weighted by molar-refractivity contribution is 6.18. The van der Waals surface area contributed by atoms with Gasteiger partial charge in [-0.15, -0.1) is 0 Å². The Morgan fingerprint density at radius 1 is 0.903 bits per heavy atom. The van der Waals surface area contributed by atoms with Crippen LogP contribution in [0.5, 0.6) is 0 Å². The van der Waals surface area contributed by atoms with E-state index >= 15 is 0 Å². The van der Waals surface area contributed by atoms with Gasteiger partial charge in [0.1, 0.15) is 0 Å². The molecule has 7 heteroatoms. The Hall–Kier alpha value is -3.97. The van der Waals surface area contributed by atoms with Crippen molar-refractivity contribution in [1.29, 1.82) is 5.41 Å². The molecule has 0 unspecified atom stereocenters. The molecule has 1 amide bonds. The maximum Gasteiger partial charge on any atom is 0.238 e. The van der Waals surface area contributed by atoms with E-state index in [1.54, 1.807) is 47.4 Å². The Kier molecular flexibility index (Phi) is 7.13. The first-order chi connectivity index (χ1) is 15.0. The van der Waals surface area contributed by atoms with Crippen LogP contribution in [-0.4, -0.2) is 30.7 Å². The summed E-state index contributed by atoms with van der Waals surface area (Å²) in [7, 11) is 0. The molecule has 7 nitrogen and oxygen atoms in total. The monoisotopic (exact) mass is 415 g/mol. The maximum atomic E-state index is 13.4. The van der Waals surface area contributed by atoms with E-state index in [1.165, 1.54) is 0 Å². The van der Waals surface area contributed by atoms with Crippen molar-refractivity contribution in [3.8, 4) is 0 Å². The Morgan fingerprint density at radius 2 is 1.55 bits per heavy atom. The van der Waals surface area contributed by atoms with E-state index in [-0.39, 0.29) is 23.9 Å². The van der Waals surface area contributed by atoms with Gasteiger partial charge in [-0.2, -0.15) is 0 Å². The molecule has 0 aliphatic carbocycles. The summed E-state index contributed by atoms with van der Waals surface area (Å²) in [6.07, 6.45) is 0.624. The van der Waals surface area contributed by atoms with Crippen molar-refractivity contribution < 1.29 is 9.59 Å². The summed E-state index contributed by atoms with van der Waals surface area (Å²) in [5, 5.41) is 10.8. The normalized spacial score (nSPS) is 10.4. The van der Waals surface area contributed by atoms with Crippen molar-refractivity contribution in [2.24, 2.45) is 11.5 Å². The van der Waals surface area contributed by atoms with Gasteiger partial charge in [0, 0.05) is 12.1 Å². The number of carbonyl (C=O) groups is 2. The molecule has 3 rings (SSSR count). The number of ketones is 1. The summed E-state index contributed by atoms with van der Waals surface area (Å²) in [6.45, 7) is 0.177. The van der Waals surface area contributed by atoms with Gasteiger partial charge < -0.3 is 21.7 Å². The van der Waals surface area contributed by atoms with E-state index in [0.29, 0.717) is 29.9 Å². The molecule has 0 atom stereocenters. The van der Waals surface area contributed by atoms with Crippen molar-refractivity contribution in [3.63, 3.8) is 0 Å². The smallest absolute Gasteiger partial charge is 0.238 e. The van der Waals surface area contributed by atoms with E-state index in [9.17, 15) is 9.59 Å². The van der Waals surface area contributed by atoms with Crippen LogP contribution in [0.1, 0.15) is 21.5 Å². The molecule has 31 heavy (non-hydrogen) atoms. The fourth-order valence-electron chi connectivity index (χ4n) is 3.30. The second kappa shape index (κ2) is 10.2. The largest absolute Gasteiger partial charge is 0.370 e. The van der Waals surface area contributed by atoms with Crippen molar-refractivity contribution in [1.82, 2.24) is 0 Å².